The van der Waals surface area contributed by atoms with Crippen molar-refractivity contribution in [1.82, 2.24) is 0 Å². The first-order chi connectivity index (χ1) is 16.3. The zero-order valence-corrected chi connectivity index (χ0v) is 19.6. The summed E-state index contributed by atoms with van der Waals surface area (Å²) in [5, 5.41) is 22.2. The standard InChI is InChI=1S/C25H19Cl2NO6/c1-33-19-10-6-3-7-14(19)21-20(22(30)15-11-13(26)12-16(27)24(15)34-2)23(31)25(32)28(21)17-8-4-5-9-18(17)29/h3-12,21,29-30H,1-2H3/b22-20+. The van der Waals surface area contributed by atoms with E-state index in [-0.39, 0.29) is 38.4 Å². The highest BCUT2D eigenvalue weighted by Crippen LogP contribution is 2.48. The number of phenolic OH excluding ortho intramolecular Hbond substituents is 1. The third-order valence-corrected chi connectivity index (χ3v) is 5.99. The summed E-state index contributed by atoms with van der Waals surface area (Å²) in [6, 6.07) is 14.5. The summed E-state index contributed by atoms with van der Waals surface area (Å²) in [4.78, 5) is 27.7. The zero-order chi connectivity index (χ0) is 24.6. The molecule has 0 spiro atoms. The van der Waals surface area contributed by atoms with Crippen molar-refractivity contribution < 1.29 is 29.3 Å². The number of aliphatic hydroxyl groups excluding tert-OH is 1. The van der Waals surface area contributed by atoms with Gasteiger partial charge in [0.15, 0.2) is 0 Å². The molecule has 0 aliphatic carbocycles. The van der Waals surface area contributed by atoms with Crippen molar-refractivity contribution in [3.05, 3.63) is 87.4 Å². The number of aromatic hydroxyl groups is 1. The third-order valence-electron chi connectivity index (χ3n) is 5.49. The summed E-state index contributed by atoms with van der Waals surface area (Å²) in [5.41, 5.74) is 0.307. The Labute approximate surface area is 205 Å². The molecule has 2 N–H and O–H groups in total. The van der Waals surface area contributed by atoms with E-state index in [2.05, 4.69) is 0 Å². The predicted octanol–water partition coefficient (Wildman–Crippen LogP) is 5.34. The number of ether oxygens (including phenoxy) is 2. The van der Waals surface area contributed by atoms with Crippen LogP contribution < -0.4 is 14.4 Å². The summed E-state index contributed by atoms with van der Waals surface area (Å²) in [6.07, 6.45) is 0. The third kappa shape index (κ3) is 3.83. The van der Waals surface area contributed by atoms with Gasteiger partial charge in [0, 0.05) is 10.6 Å². The van der Waals surface area contributed by atoms with E-state index in [1.165, 1.54) is 38.5 Å². The van der Waals surface area contributed by atoms with Crippen LogP contribution in [0.2, 0.25) is 10.0 Å². The Hall–Kier alpha value is -3.68. The zero-order valence-electron chi connectivity index (χ0n) is 18.1. The lowest BCUT2D eigenvalue weighted by Crippen LogP contribution is -2.29. The number of aliphatic hydroxyl groups is 1. The first-order valence-electron chi connectivity index (χ1n) is 10.1. The molecule has 7 nitrogen and oxygen atoms in total. The molecule has 1 aliphatic heterocycles. The van der Waals surface area contributed by atoms with Gasteiger partial charge in [0.1, 0.15) is 23.0 Å². The Morgan fingerprint density at radius 3 is 2.32 bits per heavy atom. The van der Waals surface area contributed by atoms with Crippen molar-refractivity contribution in [2.75, 3.05) is 19.1 Å². The quantitative estimate of drug-likeness (QED) is 0.279. The van der Waals surface area contributed by atoms with Gasteiger partial charge in [-0.3, -0.25) is 14.5 Å². The smallest absolute Gasteiger partial charge is 0.300 e. The van der Waals surface area contributed by atoms with Crippen LogP contribution in [-0.4, -0.2) is 36.1 Å². The number of carbonyl (C=O) groups excluding carboxylic acids is 2. The lowest BCUT2D eigenvalue weighted by atomic mass is 9.94. The minimum Gasteiger partial charge on any atom is -0.507 e. The molecule has 3 aromatic rings. The van der Waals surface area contributed by atoms with Crippen molar-refractivity contribution >= 4 is 46.3 Å². The second-order valence-electron chi connectivity index (χ2n) is 7.37. The van der Waals surface area contributed by atoms with Crippen molar-refractivity contribution in [3.63, 3.8) is 0 Å². The molecule has 34 heavy (non-hydrogen) atoms. The number of Topliss-reactive ketones (excluding diaryl/α,β-unsaturated/α-hetero) is 1. The van der Waals surface area contributed by atoms with Gasteiger partial charge in [-0.1, -0.05) is 53.5 Å². The van der Waals surface area contributed by atoms with Crippen molar-refractivity contribution in [3.8, 4) is 17.2 Å². The maximum Gasteiger partial charge on any atom is 0.300 e. The van der Waals surface area contributed by atoms with Gasteiger partial charge >= 0.3 is 0 Å². The van der Waals surface area contributed by atoms with Crippen LogP contribution in [0.1, 0.15) is 17.2 Å². The van der Waals surface area contributed by atoms with Crippen LogP contribution in [-0.2, 0) is 9.59 Å². The molecule has 9 heteroatoms. The van der Waals surface area contributed by atoms with Gasteiger partial charge in [-0.2, -0.15) is 0 Å². The molecule has 1 unspecified atom stereocenters. The molecule has 3 aromatic carbocycles. The summed E-state index contributed by atoms with van der Waals surface area (Å²) in [6.45, 7) is 0. The topological polar surface area (TPSA) is 96.3 Å². The molecular formula is C25H19Cl2NO6. The van der Waals surface area contributed by atoms with E-state index in [9.17, 15) is 19.8 Å². The summed E-state index contributed by atoms with van der Waals surface area (Å²) >= 11 is 12.4. The van der Waals surface area contributed by atoms with E-state index in [0.29, 0.717) is 11.3 Å². The van der Waals surface area contributed by atoms with Crippen molar-refractivity contribution in [2.24, 2.45) is 0 Å². The number of rotatable bonds is 5. The van der Waals surface area contributed by atoms with E-state index < -0.39 is 23.5 Å². The van der Waals surface area contributed by atoms with Gasteiger partial charge in [-0.05, 0) is 30.3 Å². The predicted molar refractivity (Wildman–Crippen MR) is 129 cm³/mol. The maximum atomic E-state index is 13.3. The average Bonchev–Trinajstić information content (AvgIpc) is 3.08. The number of anilines is 1. The SMILES string of the molecule is COc1ccccc1C1/C(=C(\O)c2cc(Cl)cc(Cl)c2OC)C(=O)C(=O)N1c1ccccc1O. The highest BCUT2D eigenvalue weighted by Gasteiger charge is 2.48. The lowest BCUT2D eigenvalue weighted by molar-refractivity contribution is -0.132. The summed E-state index contributed by atoms with van der Waals surface area (Å²) in [7, 11) is 2.80. The van der Waals surface area contributed by atoms with E-state index in [1.54, 1.807) is 36.4 Å². The van der Waals surface area contributed by atoms with Gasteiger partial charge < -0.3 is 19.7 Å². The highest BCUT2D eigenvalue weighted by molar-refractivity contribution is 6.52. The Bertz CT molecular complexity index is 1340. The van der Waals surface area contributed by atoms with E-state index in [4.69, 9.17) is 32.7 Å². The largest absolute Gasteiger partial charge is 0.507 e. The molecule has 1 atom stereocenters. The van der Waals surface area contributed by atoms with Gasteiger partial charge in [0.25, 0.3) is 11.7 Å². The highest BCUT2D eigenvalue weighted by atomic mass is 35.5. The second-order valence-corrected chi connectivity index (χ2v) is 8.21. The molecule has 1 saturated heterocycles. The molecule has 1 fully saturated rings. The number of hydrogen-bond donors (Lipinski definition) is 2. The normalized spacial score (nSPS) is 17.2. The minimum absolute atomic E-state index is 0.0372. The lowest BCUT2D eigenvalue weighted by Gasteiger charge is -2.27. The molecule has 0 aromatic heterocycles. The van der Waals surface area contributed by atoms with Gasteiger partial charge in [-0.15, -0.1) is 0 Å². The van der Waals surface area contributed by atoms with Crippen molar-refractivity contribution in [2.45, 2.75) is 6.04 Å². The van der Waals surface area contributed by atoms with Crippen LogP contribution in [0.15, 0.2) is 66.2 Å². The number of ketones is 1. The number of benzene rings is 3. The Kier molecular flexibility index (Phi) is 6.41. The molecule has 4 rings (SSSR count). The first kappa shape index (κ1) is 23.5. The fourth-order valence-electron chi connectivity index (χ4n) is 4.02. The van der Waals surface area contributed by atoms with Gasteiger partial charge in [0.2, 0.25) is 0 Å². The molecular weight excluding hydrogens is 481 g/mol. The fourth-order valence-corrected chi connectivity index (χ4v) is 4.59. The number of nitrogens with zero attached hydrogens (tertiary/aromatic N) is 1. The average molecular weight is 500 g/mol. The van der Waals surface area contributed by atoms with Crippen LogP contribution >= 0.6 is 23.2 Å². The van der Waals surface area contributed by atoms with Crippen LogP contribution in [0.3, 0.4) is 0 Å². The molecule has 174 valence electrons. The summed E-state index contributed by atoms with van der Waals surface area (Å²) in [5.74, 6) is -2.20. The monoisotopic (exact) mass is 499 g/mol. The van der Waals surface area contributed by atoms with E-state index in [0.717, 1.165) is 4.90 Å². The number of halogens is 2. The maximum absolute atomic E-state index is 13.3. The Morgan fingerprint density at radius 2 is 1.65 bits per heavy atom. The number of hydrogen-bond acceptors (Lipinski definition) is 6. The fraction of sp³-hybridized carbons (Fsp3) is 0.120. The molecule has 1 amide bonds. The molecule has 1 aliphatic rings. The van der Waals surface area contributed by atoms with Crippen LogP contribution in [0.25, 0.3) is 5.76 Å². The molecule has 0 saturated carbocycles. The number of amides is 1. The minimum atomic E-state index is -1.13. The Morgan fingerprint density at radius 1 is 0.971 bits per heavy atom. The number of carbonyl (C=O) groups is 2. The molecule has 0 radical (unpaired) electrons. The molecule has 0 bridgehead atoms. The second kappa shape index (κ2) is 9.29. The first-order valence-corrected chi connectivity index (χ1v) is 10.8. The van der Waals surface area contributed by atoms with Crippen LogP contribution in [0, 0.1) is 0 Å². The summed E-state index contributed by atoms with van der Waals surface area (Å²) < 4.78 is 10.8. The Balaban J connectivity index is 2.07. The number of methoxy groups -OCH3 is 2. The van der Waals surface area contributed by atoms with Crippen LogP contribution in [0.4, 0.5) is 5.69 Å². The van der Waals surface area contributed by atoms with E-state index in [1.807, 2.05) is 0 Å². The van der Waals surface area contributed by atoms with Crippen LogP contribution in [0.5, 0.6) is 17.2 Å². The molecule has 1 heterocycles. The van der Waals surface area contributed by atoms with Gasteiger partial charge in [-0.25, -0.2) is 0 Å². The van der Waals surface area contributed by atoms with Gasteiger partial charge in [0.05, 0.1) is 42.1 Å². The van der Waals surface area contributed by atoms with E-state index >= 15 is 0 Å². The number of para-hydroxylation sites is 3. The van der Waals surface area contributed by atoms with Crippen molar-refractivity contribution in [1.29, 1.82) is 0 Å². The number of phenols is 1.